The SMILES string of the molecule is Nc1cc2c(ncn2[C@@H]2O[C@@H]3COP(O)(=S)O[C@H]4[C@H](F)[C@H](n5ccc6c(N)ccnc65)O[C@@H]4COP(=O)(S)O[C@@H]2[C@@H]3F)c(=O)[nH]1.Nc1cc2c(ncn2[C@@H]2O[C@@H]3COP(O)(=S)O[C@H]4[C@H](F)[C@H](n5ccc6c(N)ccnc65)O[C@@H]4COP(O)(=S)O[C@@H]2[C@@H]3F)c(=O)[nH]1.Nc1ccnc2c1ccn2[C@@H]1O[C@@H]2COP(O)(=S)O[C@@H]3C[C@@H](COP(O)(=S)O[C@H]2[C@@H]1F)O[C@H]3n1cnc2c(=O)[nH]ccc21. The van der Waals surface area contributed by atoms with Crippen LogP contribution in [0.3, 0.4) is 0 Å². The molecule has 18 N–H and O–H groups in total. The van der Waals surface area contributed by atoms with E-state index < -0.39 is 232 Å². The molecule has 47 nitrogen and oxygen atoms in total. The third-order valence-corrected chi connectivity index (χ3v) is 32.2. The monoisotopic (exact) mass is 2090 g/mol. The molecule has 133 heavy (non-hydrogen) atoms. The van der Waals surface area contributed by atoms with Gasteiger partial charge in [-0.25, -0.2) is 56.4 Å². The first-order valence-corrected chi connectivity index (χ1v) is 55.2. The Morgan fingerprint density at radius 3 is 1.14 bits per heavy atom. The molecular weight excluding hydrogens is 2010 g/mol. The third-order valence-electron chi connectivity index (χ3n) is 22.7. The predicted octanol–water partition coefficient (Wildman–Crippen LogP) is 6.27. The van der Waals surface area contributed by atoms with Crippen molar-refractivity contribution in [2.75, 3.05) is 68.3 Å². The van der Waals surface area contributed by atoms with Crippen molar-refractivity contribution in [3.05, 3.63) is 148 Å². The summed E-state index contributed by atoms with van der Waals surface area (Å²) < 4.78 is 204. The number of hydrogen-bond acceptors (Lipinski definition) is 38. The number of hydrogen-bond donors (Lipinski definition) is 14. The summed E-state index contributed by atoms with van der Waals surface area (Å²) in [6.45, 7) is -28.7. The van der Waals surface area contributed by atoms with E-state index in [-0.39, 0.29) is 52.2 Å². The summed E-state index contributed by atoms with van der Waals surface area (Å²) in [5, 5.41) is 1.68. The Labute approximate surface area is 771 Å². The molecule has 9 fully saturated rings. The lowest BCUT2D eigenvalue weighted by molar-refractivity contribution is -0.0597. The second-order valence-electron chi connectivity index (χ2n) is 31.2. The zero-order chi connectivity index (χ0) is 93.8. The number of rotatable bonds is 6. The maximum absolute atomic E-state index is 16.0. The van der Waals surface area contributed by atoms with Crippen LogP contribution in [0.2, 0.25) is 0 Å². The number of alkyl halides is 5. The number of H-pyrrole nitrogens is 3. The number of nitrogens with two attached hydrogens (primary N) is 5. The fourth-order valence-corrected chi connectivity index (χ4v) is 25.4. The Hall–Kier alpha value is -7.11. The van der Waals surface area contributed by atoms with Crippen LogP contribution in [0.4, 0.5) is 50.6 Å². The molecule has 64 heteroatoms. The van der Waals surface area contributed by atoms with Crippen LogP contribution in [0.15, 0.2) is 131 Å². The van der Waals surface area contributed by atoms with Gasteiger partial charge in [-0.05, 0) is 101 Å². The van der Waals surface area contributed by atoms with Gasteiger partial charge in [0.15, 0.2) is 84.8 Å². The van der Waals surface area contributed by atoms with Crippen molar-refractivity contribution in [3.8, 4) is 0 Å². The van der Waals surface area contributed by atoms with Crippen molar-refractivity contribution in [2.45, 2.75) is 148 Å². The first-order chi connectivity index (χ1) is 63.1. The number of aromatic amines is 3. The number of pyridine rings is 6. The van der Waals surface area contributed by atoms with Gasteiger partial charge in [0, 0.05) is 95.2 Å². The van der Waals surface area contributed by atoms with E-state index in [4.69, 9.17) is 170 Å². The van der Waals surface area contributed by atoms with Crippen molar-refractivity contribution in [3.63, 3.8) is 0 Å². The second-order valence-corrected chi connectivity index (χ2v) is 48.0. The quantitative estimate of drug-likeness (QED) is 0.0495. The number of halogens is 5. The minimum Gasteiger partial charge on any atom is -0.398 e. The molecule has 0 amide bonds. The number of aromatic nitrogens is 15. The van der Waals surface area contributed by atoms with Gasteiger partial charge in [0.25, 0.3) is 16.7 Å². The van der Waals surface area contributed by atoms with Crippen molar-refractivity contribution in [2.24, 2.45) is 0 Å². The Morgan fingerprint density at radius 1 is 0.383 bits per heavy atom. The molecule has 9 aliphatic rings. The molecular formula is C69H75F5N20O27P6S6. The Balaban J connectivity index is 0.000000129. The van der Waals surface area contributed by atoms with Crippen LogP contribution in [-0.2, 0) is 146 Å². The molecule has 12 aromatic heterocycles. The first kappa shape index (κ1) is 94.8. The van der Waals surface area contributed by atoms with Crippen LogP contribution >= 0.6 is 52.6 Å². The van der Waals surface area contributed by atoms with E-state index in [1.54, 1.807) is 53.2 Å². The summed E-state index contributed by atoms with van der Waals surface area (Å²) in [7, 11) is 0. The number of fused-ring (bicyclic) bond motifs is 15. The number of nitrogens with zero attached hydrogens (tertiary/aromatic N) is 12. The van der Waals surface area contributed by atoms with Crippen molar-refractivity contribution in [1.29, 1.82) is 0 Å². The molecule has 6 unspecified atom stereocenters. The lowest BCUT2D eigenvalue weighted by Gasteiger charge is -2.27. The minimum atomic E-state index is -4.45. The van der Waals surface area contributed by atoms with Crippen molar-refractivity contribution < 1.29 is 134 Å². The summed E-state index contributed by atoms with van der Waals surface area (Å²) in [6.07, 6.45) is -19.5. The highest BCUT2D eigenvalue weighted by Gasteiger charge is 2.58. The van der Waals surface area contributed by atoms with Crippen molar-refractivity contribution in [1.82, 2.24) is 72.3 Å². The molecule has 0 radical (unpaired) electrons. The van der Waals surface area contributed by atoms with Crippen LogP contribution in [0, 0.1) is 0 Å². The zero-order valence-electron chi connectivity index (χ0n) is 67.2. The molecule has 21 rings (SSSR count). The third kappa shape index (κ3) is 18.8. The molecule has 12 aromatic rings. The summed E-state index contributed by atoms with van der Waals surface area (Å²) in [5.41, 5.74) is 31.2. The molecule has 9 saturated heterocycles. The topological polar surface area (TPSA) is 620 Å². The number of ether oxygens (including phenoxy) is 6. The maximum atomic E-state index is 16.0. The summed E-state index contributed by atoms with van der Waals surface area (Å²) >= 11 is 30.1. The van der Waals surface area contributed by atoms with E-state index >= 15 is 22.0 Å². The zero-order valence-corrected chi connectivity index (χ0v) is 77.6. The largest absolute Gasteiger partial charge is 0.398 e. The molecule has 21 heterocycles. The van der Waals surface area contributed by atoms with Crippen molar-refractivity contribution >= 4 is 207 Å². The van der Waals surface area contributed by atoms with Gasteiger partial charge in [-0.3, -0.25) is 41.5 Å². The number of thiol groups is 1. The minimum absolute atomic E-state index is 0.0000126. The van der Waals surface area contributed by atoms with E-state index in [9.17, 15) is 43.4 Å². The van der Waals surface area contributed by atoms with E-state index in [1.807, 2.05) is 0 Å². The molecule has 9 aliphatic heterocycles. The van der Waals surface area contributed by atoms with Crippen LogP contribution in [0.1, 0.15) is 43.8 Å². The van der Waals surface area contributed by atoms with Gasteiger partial charge < -0.3 is 151 Å². The first-order valence-electron chi connectivity index (χ1n) is 39.6. The van der Waals surface area contributed by atoms with Crippen LogP contribution in [0.25, 0.3) is 66.2 Å². The summed E-state index contributed by atoms with van der Waals surface area (Å²) in [4.78, 5) is 124. The normalized spacial score (nSPS) is 37.5. The van der Waals surface area contributed by atoms with Crippen LogP contribution in [0.5, 0.6) is 0 Å². The van der Waals surface area contributed by atoms with Gasteiger partial charge in [0.2, 0.25) is 0 Å². The van der Waals surface area contributed by atoms with Gasteiger partial charge in [-0.2, -0.15) is 0 Å². The number of anilines is 5. The highest BCUT2D eigenvalue weighted by Crippen LogP contribution is 2.62. The van der Waals surface area contributed by atoms with Gasteiger partial charge in [0.1, 0.15) is 95.7 Å². The lowest BCUT2D eigenvalue weighted by Crippen LogP contribution is -2.34. The standard InChI is InChI=1S/2C23H25F2N7O9P2S2.C23H25FN6O9P2S2/c2*24-15-12-6-36-42(34,44)40-18-13(39-22(16(18)25)31-4-2-9-10(26)1-3-28-20(9)31)7-37-43(35,45)41-19(15)23(38-12)32-8-29-17-11(32)5-14(27)30-21(17)33;24-17-19-16(37-23(17)29-6-3-12-13(25)1-4-26-20(12)29)9-35-40(32,42)38-15-7-11(8-34-41(33,43)39-19)36-22(15)30-10-28-18-14(30)2-5-27-21(18)31/h2*1-5,8,12-13,15-16,18-19,22-23H,6-7H2,(H2,26,28)(H,34,44)(H,35,45)(H3,27,30,33);1-6,10-11,15-17,19,22-23H,7-9H2,(H2,25,26)(H,27,31)(H,32,42)(H,33,43)/t2*12-,13-,15-,16+,18-,19-,22-,23-,42?,43?;11-,15+,16+,17-,19+,22+,23+,40?,41?/m110/s1. The summed E-state index contributed by atoms with van der Waals surface area (Å²) in [6, 6.07) is 14.1. The smallest absolute Gasteiger partial charge is 0.386 e. The van der Waals surface area contributed by atoms with E-state index in [1.165, 1.54) is 91.1 Å². The maximum Gasteiger partial charge on any atom is 0.386 e. The fourth-order valence-electron chi connectivity index (χ4n) is 16.7. The van der Waals surface area contributed by atoms with Gasteiger partial charge >= 0.3 is 40.4 Å². The van der Waals surface area contributed by atoms with Crippen LogP contribution in [-0.4, -0.2) is 240 Å². The Bertz CT molecular complexity index is 6760. The Morgan fingerprint density at radius 2 is 0.729 bits per heavy atom. The number of imidazole rings is 3. The highest BCUT2D eigenvalue weighted by molar-refractivity contribution is 8.44. The van der Waals surface area contributed by atoms with E-state index in [0.717, 1.165) is 0 Å². The second kappa shape index (κ2) is 36.6. The summed E-state index contributed by atoms with van der Waals surface area (Å²) in [5.74, 6) is -0.00683. The molecule has 0 aliphatic carbocycles. The molecule has 29 atom stereocenters. The van der Waals surface area contributed by atoms with Gasteiger partial charge in [-0.15, -0.1) is 0 Å². The Kier molecular flexibility index (Phi) is 26.1. The average Bonchev–Trinajstić information content (AvgIpc) is 1.62. The molecule has 0 aromatic carbocycles. The molecule has 0 saturated carbocycles. The van der Waals surface area contributed by atoms with Gasteiger partial charge in [-0.1, -0.05) is 12.2 Å². The van der Waals surface area contributed by atoms with E-state index in [0.29, 0.717) is 55.7 Å². The van der Waals surface area contributed by atoms with Crippen LogP contribution < -0.4 is 45.3 Å². The lowest BCUT2D eigenvalue weighted by atomic mass is 10.1. The highest BCUT2D eigenvalue weighted by atomic mass is 32.7. The van der Waals surface area contributed by atoms with E-state index in [2.05, 4.69) is 57.1 Å². The molecule has 714 valence electrons. The van der Waals surface area contributed by atoms with Gasteiger partial charge in [0.05, 0.1) is 81.3 Å². The number of nitrogen functional groups attached to an aromatic ring is 5. The molecule has 0 spiro atoms. The number of nitrogens with one attached hydrogen (secondary N) is 3. The molecule has 6 bridgehead atoms. The predicted molar refractivity (Wildman–Crippen MR) is 479 cm³/mol. The average molecular weight is 2090 g/mol. The fraction of sp³-hybridized carbons (Fsp3) is 0.435.